The van der Waals surface area contributed by atoms with Gasteiger partial charge in [0, 0.05) is 6.54 Å². The molecule has 1 N–H and O–H groups in total. The molecule has 0 aliphatic carbocycles. The number of aryl methyl sites for hydroxylation is 2. The van der Waals surface area contributed by atoms with Crippen molar-refractivity contribution in [3.63, 3.8) is 0 Å². The average Bonchev–Trinajstić information content (AvgIpc) is 2.92. The fraction of sp³-hybridized carbons (Fsp3) is 0.471. The molecule has 1 aliphatic heterocycles. The van der Waals surface area contributed by atoms with Gasteiger partial charge in [-0.15, -0.1) is 0 Å². The average molecular weight is 347 g/mol. The van der Waals surface area contributed by atoms with Crippen molar-refractivity contribution in [3.8, 4) is 5.75 Å². The Labute approximate surface area is 145 Å². The molecule has 0 bridgehead atoms. The van der Waals surface area contributed by atoms with Gasteiger partial charge in [-0.05, 0) is 30.6 Å². The normalized spacial score (nSPS) is 21.0. The highest BCUT2D eigenvalue weighted by Gasteiger charge is 2.37. The lowest BCUT2D eigenvalue weighted by molar-refractivity contribution is -0.0622. The van der Waals surface area contributed by atoms with Gasteiger partial charge >= 0.3 is 0 Å². The zero-order valence-electron chi connectivity index (χ0n) is 14.3. The van der Waals surface area contributed by atoms with Crippen molar-refractivity contribution in [1.29, 1.82) is 0 Å². The van der Waals surface area contributed by atoms with Crippen LogP contribution in [0.15, 0.2) is 28.9 Å². The zero-order valence-corrected chi connectivity index (χ0v) is 14.3. The number of hydrogen-bond donors (Lipinski definition) is 1. The Balaban J connectivity index is 1.71. The molecule has 1 fully saturated rings. The number of hydrogen-bond acceptors (Lipinski definition) is 7. The van der Waals surface area contributed by atoms with Gasteiger partial charge in [0.1, 0.15) is 23.7 Å². The number of para-hydroxylation sites is 1. The van der Waals surface area contributed by atoms with E-state index in [9.17, 15) is 9.90 Å². The fourth-order valence-corrected chi connectivity index (χ4v) is 2.68. The SMILES string of the molecule is Cc1ccccc1OC[C@]1(O)COCCN(C(=O)c2nonc2C)C1. The molecule has 1 aliphatic rings. The first kappa shape index (κ1) is 17.4. The maximum Gasteiger partial charge on any atom is 0.278 e. The molecule has 0 radical (unpaired) electrons. The minimum absolute atomic E-state index is 0.0116. The molecule has 0 saturated carbocycles. The number of rotatable bonds is 4. The van der Waals surface area contributed by atoms with Crippen LogP contribution in [-0.4, -0.2) is 64.7 Å². The predicted molar refractivity (Wildman–Crippen MR) is 87.4 cm³/mol. The second kappa shape index (κ2) is 7.20. The second-order valence-electron chi connectivity index (χ2n) is 6.26. The number of ether oxygens (including phenoxy) is 2. The lowest BCUT2D eigenvalue weighted by Gasteiger charge is -2.30. The van der Waals surface area contributed by atoms with Crippen LogP contribution in [0.5, 0.6) is 5.75 Å². The summed E-state index contributed by atoms with van der Waals surface area (Å²) in [6.45, 7) is 4.41. The van der Waals surface area contributed by atoms with Crippen molar-refractivity contribution in [2.24, 2.45) is 0 Å². The number of carbonyl (C=O) groups excluding carboxylic acids is 1. The van der Waals surface area contributed by atoms with Gasteiger partial charge in [0.05, 0.1) is 19.8 Å². The van der Waals surface area contributed by atoms with Crippen molar-refractivity contribution in [1.82, 2.24) is 15.2 Å². The molecule has 134 valence electrons. The molecule has 1 atom stereocenters. The van der Waals surface area contributed by atoms with E-state index in [0.717, 1.165) is 5.56 Å². The molecule has 8 nitrogen and oxygen atoms in total. The topological polar surface area (TPSA) is 97.9 Å². The zero-order chi connectivity index (χ0) is 17.9. The summed E-state index contributed by atoms with van der Waals surface area (Å²) in [5.74, 6) is 0.341. The van der Waals surface area contributed by atoms with Crippen molar-refractivity contribution in [2.75, 3.05) is 32.9 Å². The van der Waals surface area contributed by atoms with E-state index in [1.165, 1.54) is 4.90 Å². The van der Waals surface area contributed by atoms with E-state index < -0.39 is 5.60 Å². The standard InChI is InChI=1S/C17H21N3O5/c1-12-5-3-4-6-14(12)24-11-17(22)9-20(7-8-23-10-17)16(21)15-13(2)18-25-19-15/h3-6,22H,7-11H2,1-2H3/t17-/m1/s1. The van der Waals surface area contributed by atoms with Crippen LogP contribution in [0.4, 0.5) is 0 Å². The molecule has 1 amide bonds. The summed E-state index contributed by atoms with van der Waals surface area (Å²) < 4.78 is 15.8. The summed E-state index contributed by atoms with van der Waals surface area (Å²) in [6.07, 6.45) is 0. The third-order valence-electron chi connectivity index (χ3n) is 4.09. The first-order valence-electron chi connectivity index (χ1n) is 8.05. The maximum atomic E-state index is 12.6. The van der Waals surface area contributed by atoms with Crippen molar-refractivity contribution in [2.45, 2.75) is 19.4 Å². The molecule has 1 aromatic heterocycles. The monoisotopic (exact) mass is 347 g/mol. The number of aromatic nitrogens is 2. The number of aliphatic hydroxyl groups is 1. The van der Waals surface area contributed by atoms with Gasteiger partial charge in [-0.2, -0.15) is 0 Å². The number of carbonyl (C=O) groups is 1. The number of nitrogens with zero attached hydrogens (tertiary/aromatic N) is 3. The van der Waals surface area contributed by atoms with E-state index in [1.54, 1.807) is 6.92 Å². The van der Waals surface area contributed by atoms with Gasteiger partial charge in [-0.1, -0.05) is 23.4 Å². The summed E-state index contributed by atoms with van der Waals surface area (Å²) in [5, 5.41) is 18.2. The Morgan fingerprint density at radius 1 is 1.36 bits per heavy atom. The molecular formula is C17H21N3O5. The summed E-state index contributed by atoms with van der Waals surface area (Å²) in [5.41, 5.74) is 0.205. The minimum Gasteiger partial charge on any atom is -0.490 e. The molecule has 2 aromatic rings. The van der Waals surface area contributed by atoms with Crippen LogP contribution < -0.4 is 4.74 Å². The van der Waals surface area contributed by atoms with E-state index in [4.69, 9.17) is 9.47 Å². The minimum atomic E-state index is -1.32. The maximum absolute atomic E-state index is 12.6. The van der Waals surface area contributed by atoms with E-state index in [0.29, 0.717) is 24.6 Å². The van der Waals surface area contributed by atoms with Crippen LogP contribution in [0, 0.1) is 13.8 Å². The van der Waals surface area contributed by atoms with Gasteiger partial charge in [0.15, 0.2) is 5.69 Å². The second-order valence-corrected chi connectivity index (χ2v) is 6.26. The van der Waals surface area contributed by atoms with Crippen LogP contribution in [0.1, 0.15) is 21.7 Å². The number of β-amino-alcohol motifs (C(OH)–C–C–N with tert-alkyl or cyclic N) is 1. The molecule has 8 heteroatoms. The fourth-order valence-electron chi connectivity index (χ4n) is 2.68. The molecule has 2 heterocycles. The highest BCUT2D eigenvalue weighted by atomic mass is 16.6. The third-order valence-corrected chi connectivity index (χ3v) is 4.09. The first-order valence-corrected chi connectivity index (χ1v) is 8.05. The van der Waals surface area contributed by atoms with Crippen LogP contribution >= 0.6 is 0 Å². The van der Waals surface area contributed by atoms with Crippen molar-refractivity contribution in [3.05, 3.63) is 41.2 Å². The highest BCUT2D eigenvalue weighted by Crippen LogP contribution is 2.21. The van der Waals surface area contributed by atoms with Gasteiger partial charge < -0.3 is 19.5 Å². The largest absolute Gasteiger partial charge is 0.490 e. The van der Waals surface area contributed by atoms with E-state index in [1.807, 2.05) is 31.2 Å². The van der Waals surface area contributed by atoms with Crippen LogP contribution in [0.2, 0.25) is 0 Å². The molecule has 1 aromatic carbocycles. The predicted octanol–water partition coefficient (Wildman–Crippen LogP) is 0.969. The molecule has 0 unspecified atom stereocenters. The van der Waals surface area contributed by atoms with Gasteiger partial charge in [0.25, 0.3) is 5.91 Å². The van der Waals surface area contributed by atoms with Crippen LogP contribution in [0.25, 0.3) is 0 Å². The summed E-state index contributed by atoms with van der Waals surface area (Å²) >= 11 is 0. The molecule has 25 heavy (non-hydrogen) atoms. The van der Waals surface area contributed by atoms with Crippen LogP contribution in [-0.2, 0) is 4.74 Å². The van der Waals surface area contributed by atoms with E-state index >= 15 is 0 Å². The smallest absolute Gasteiger partial charge is 0.278 e. The number of benzene rings is 1. The quantitative estimate of drug-likeness (QED) is 0.880. The summed E-state index contributed by atoms with van der Waals surface area (Å²) in [4.78, 5) is 14.1. The van der Waals surface area contributed by atoms with Gasteiger partial charge in [-0.3, -0.25) is 4.79 Å². The Hall–Kier alpha value is -2.45. The summed E-state index contributed by atoms with van der Waals surface area (Å²) in [6, 6.07) is 7.55. The highest BCUT2D eigenvalue weighted by molar-refractivity contribution is 5.93. The molecule has 0 spiro atoms. The molecule has 1 saturated heterocycles. The van der Waals surface area contributed by atoms with E-state index in [-0.39, 0.29) is 31.4 Å². The lowest BCUT2D eigenvalue weighted by Crippen LogP contribution is -2.50. The van der Waals surface area contributed by atoms with E-state index in [2.05, 4.69) is 14.9 Å². The van der Waals surface area contributed by atoms with Crippen molar-refractivity contribution < 1.29 is 24.0 Å². The van der Waals surface area contributed by atoms with Gasteiger partial charge in [-0.25, -0.2) is 4.63 Å². The number of amides is 1. The first-order chi connectivity index (χ1) is 12.0. The Kier molecular flexibility index (Phi) is 5.00. The van der Waals surface area contributed by atoms with Crippen LogP contribution in [0.3, 0.4) is 0 Å². The molecule has 3 rings (SSSR count). The molecular weight excluding hydrogens is 326 g/mol. The Morgan fingerprint density at radius 3 is 2.88 bits per heavy atom. The summed E-state index contributed by atoms with van der Waals surface area (Å²) in [7, 11) is 0. The Bertz CT molecular complexity index is 747. The van der Waals surface area contributed by atoms with Crippen molar-refractivity contribution >= 4 is 5.91 Å². The third kappa shape index (κ3) is 3.97. The van der Waals surface area contributed by atoms with Gasteiger partial charge in [0.2, 0.25) is 0 Å². The lowest BCUT2D eigenvalue weighted by atomic mass is 10.1. The Morgan fingerprint density at radius 2 is 2.16 bits per heavy atom.